The molecule has 1 saturated heterocycles. The lowest BCUT2D eigenvalue weighted by molar-refractivity contribution is 0.311. The summed E-state index contributed by atoms with van der Waals surface area (Å²) in [5, 5.41) is 12.2. The Labute approximate surface area is 154 Å². The van der Waals surface area contributed by atoms with E-state index in [0.29, 0.717) is 11.0 Å². The first-order chi connectivity index (χ1) is 11.5. The molecule has 2 aliphatic heterocycles. The maximum atomic E-state index is 10.7. The van der Waals surface area contributed by atoms with Gasteiger partial charge in [0.15, 0.2) is 5.17 Å². The maximum Gasteiger partial charge on any atom is 0.160 e. The van der Waals surface area contributed by atoms with E-state index in [-0.39, 0.29) is 12.1 Å². The molecular formula is C18H18BrN3OS. The van der Waals surface area contributed by atoms with Crippen LogP contribution in [0.25, 0.3) is 0 Å². The number of phenolic OH excluding ortho intramolecular Hbond substituents is 1. The number of fused-ring (bicyclic) bond motifs is 1. The molecule has 1 fully saturated rings. The molecule has 1 aromatic heterocycles. The molecule has 1 N–H and O–H groups in total. The van der Waals surface area contributed by atoms with Gasteiger partial charge in [-0.3, -0.25) is 9.98 Å². The Balaban J connectivity index is 1.85. The minimum Gasteiger partial charge on any atom is -0.506 e. The number of thioether (sulfide) groups is 1. The fourth-order valence-electron chi connectivity index (χ4n) is 3.44. The molecule has 1 aromatic carbocycles. The zero-order valence-electron chi connectivity index (χ0n) is 13.5. The highest BCUT2D eigenvalue weighted by Crippen LogP contribution is 2.50. The average Bonchev–Trinajstić information content (AvgIpc) is 3.07. The van der Waals surface area contributed by atoms with Gasteiger partial charge in [0.25, 0.3) is 0 Å². The van der Waals surface area contributed by atoms with Crippen molar-refractivity contribution in [2.45, 2.75) is 31.2 Å². The molecule has 0 aliphatic carbocycles. The SMILES string of the molecule is Cc1cc(Br)c(O)c([C@H]2[C@@H](c3ccccn3)N=C3S[C@@H](C)CN32)c1. The van der Waals surface area contributed by atoms with E-state index < -0.39 is 0 Å². The fraction of sp³-hybridized carbons (Fsp3) is 0.333. The van der Waals surface area contributed by atoms with Crippen LogP contribution in [0.2, 0.25) is 0 Å². The molecule has 0 spiro atoms. The Hall–Kier alpha value is -1.53. The number of aromatic nitrogens is 1. The summed E-state index contributed by atoms with van der Waals surface area (Å²) in [4.78, 5) is 11.8. The summed E-state index contributed by atoms with van der Waals surface area (Å²) in [7, 11) is 0. The van der Waals surface area contributed by atoms with Crippen molar-refractivity contribution in [2.24, 2.45) is 4.99 Å². The van der Waals surface area contributed by atoms with Crippen molar-refractivity contribution in [3.8, 4) is 5.75 Å². The number of aromatic hydroxyl groups is 1. The fourth-order valence-corrected chi connectivity index (χ4v) is 5.12. The van der Waals surface area contributed by atoms with Gasteiger partial charge in [0.1, 0.15) is 11.8 Å². The Morgan fingerprint density at radius 3 is 2.92 bits per heavy atom. The molecule has 0 radical (unpaired) electrons. The molecule has 2 aromatic rings. The van der Waals surface area contributed by atoms with Crippen LogP contribution < -0.4 is 0 Å². The van der Waals surface area contributed by atoms with Gasteiger partial charge in [-0.15, -0.1) is 0 Å². The minimum atomic E-state index is -0.0965. The molecule has 124 valence electrons. The Kier molecular flexibility index (Phi) is 4.04. The van der Waals surface area contributed by atoms with Gasteiger partial charge in [-0.05, 0) is 46.6 Å². The third-order valence-electron chi connectivity index (χ3n) is 4.44. The van der Waals surface area contributed by atoms with E-state index >= 15 is 0 Å². The summed E-state index contributed by atoms with van der Waals surface area (Å²) in [6.07, 6.45) is 1.80. The molecular weight excluding hydrogens is 386 g/mol. The van der Waals surface area contributed by atoms with E-state index in [1.54, 1.807) is 18.0 Å². The lowest BCUT2D eigenvalue weighted by Crippen LogP contribution is -2.28. The van der Waals surface area contributed by atoms with Crippen LogP contribution in [0.4, 0.5) is 0 Å². The van der Waals surface area contributed by atoms with Crippen molar-refractivity contribution >= 4 is 32.9 Å². The van der Waals surface area contributed by atoms with Crippen LogP contribution in [-0.4, -0.2) is 32.0 Å². The highest BCUT2D eigenvalue weighted by molar-refractivity contribution is 9.10. The van der Waals surface area contributed by atoms with Gasteiger partial charge in [-0.25, -0.2) is 0 Å². The first kappa shape index (κ1) is 16.0. The van der Waals surface area contributed by atoms with E-state index in [4.69, 9.17) is 4.99 Å². The number of halogens is 1. The molecule has 24 heavy (non-hydrogen) atoms. The van der Waals surface area contributed by atoms with Gasteiger partial charge in [0, 0.05) is 23.6 Å². The number of phenols is 1. The number of aliphatic imine (C=N–C) groups is 1. The largest absolute Gasteiger partial charge is 0.506 e. The number of nitrogens with zero attached hydrogens (tertiary/aromatic N) is 3. The Morgan fingerprint density at radius 1 is 1.33 bits per heavy atom. The molecule has 0 amide bonds. The Morgan fingerprint density at radius 2 is 2.17 bits per heavy atom. The number of rotatable bonds is 2. The summed E-state index contributed by atoms with van der Waals surface area (Å²) in [6.45, 7) is 5.19. The molecule has 0 unspecified atom stereocenters. The highest BCUT2D eigenvalue weighted by Gasteiger charge is 2.44. The molecule has 4 rings (SSSR count). The zero-order chi connectivity index (χ0) is 16.8. The second-order valence-corrected chi connectivity index (χ2v) is 8.58. The predicted octanol–water partition coefficient (Wildman–Crippen LogP) is 4.45. The van der Waals surface area contributed by atoms with Crippen LogP contribution in [-0.2, 0) is 0 Å². The van der Waals surface area contributed by atoms with Crippen LogP contribution in [0, 0.1) is 6.92 Å². The first-order valence-electron chi connectivity index (χ1n) is 7.95. The maximum absolute atomic E-state index is 10.7. The number of amidine groups is 1. The van der Waals surface area contributed by atoms with Gasteiger partial charge < -0.3 is 10.0 Å². The van der Waals surface area contributed by atoms with Crippen LogP contribution in [0.5, 0.6) is 5.75 Å². The standard InChI is InChI=1S/C18H18BrN3OS/c1-10-7-12(17(23)13(19)8-10)16-15(14-5-3-4-6-20-14)21-18-22(16)9-11(2)24-18/h3-8,11,15-16,23H,9H2,1-2H3/t11-,15+,16-/m0/s1. The molecule has 0 saturated carbocycles. The molecule has 4 nitrogen and oxygen atoms in total. The highest BCUT2D eigenvalue weighted by atomic mass is 79.9. The van der Waals surface area contributed by atoms with Crippen molar-refractivity contribution in [3.05, 3.63) is 57.8 Å². The third kappa shape index (κ3) is 2.62. The van der Waals surface area contributed by atoms with Gasteiger partial charge in [0.2, 0.25) is 0 Å². The van der Waals surface area contributed by atoms with Crippen LogP contribution >= 0.6 is 27.7 Å². The van der Waals surface area contributed by atoms with Crippen molar-refractivity contribution in [2.75, 3.05) is 6.54 Å². The van der Waals surface area contributed by atoms with Gasteiger partial charge in [-0.1, -0.05) is 30.8 Å². The summed E-state index contributed by atoms with van der Waals surface area (Å²) in [5.41, 5.74) is 2.96. The zero-order valence-corrected chi connectivity index (χ0v) is 15.9. The minimum absolute atomic E-state index is 0.0245. The summed E-state index contributed by atoms with van der Waals surface area (Å²) in [6, 6.07) is 9.80. The molecule has 0 bridgehead atoms. The van der Waals surface area contributed by atoms with Gasteiger partial charge in [-0.2, -0.15) is 0 Å². The number of hydrogen-bond donors (Lipinski definition) is 1. The smallest absolute Gasteiger partial charge is 0.160 e. The Bertz CT molecular complexity index is 811. The van der Waals surface area contributed by atoms with E-state index in [2.05, 4.69) is 38.8 Å². The van der Waals surface area contributed by atoms with Crippen LogP contribution in [0.1, 0.15) is 35.8 Å². The average molecular weight is 404 g/mol. The second-order valence-electron chi connectivity index (χ2n) is 6.32. The quantitative estimate of drug-likeness (QED) is 0.804. The summed E-state index contributed by atoms with van der Waals surface area (Å²) in [5.74, 6) is 0.299. The van der Waals surface area contributed by atoms with Crippen molar-refractivity contribution in [3.63, 3.8) is 0 Å². The number of pyridine rings is 1. The van der Waals surface area contributed by atoms with E-state index in [9.17, 15) is 5.11 Å². The normalized spacial score (nSPS) is 25.7. The van der Waals surface area contributed by atoms with E-state index in [1.165, 1.54) is 0 Å². The summed E-state index contributed by atoms with van der Waals surface area (Å²) < 4.78 is 0.727. The predicted molar refractivity (Wildman–Crippen MR) is 101 cm³/mol. The van der Waals surface area contributed by atoms with Crippen molar-refractivity contribution in [1.82, 2.24) is 9.88 Å². The topological polar surface area (TPSA) is 48.7 Å². The third-order valence-corrected chi connectivity index (χ3v) is 6.14. The lowest BCUT2D eigenvalue weighted by Gasteiger charge is -2.28. The number of aryl methyl sites for hydroxylation is 1. The first-order valence-corrected chi connectivity index (χ1v) is 9.63. The number of hydrogen-bond acceptors (Lipinski definition) is 5. The monoisotopic (exact) mass is 403 g/mol. The molecule has 3 atom stereocenters. The number of benzene rings is 1. The van der Waals surface area contributed by atoms with Gasteiger partial charge in [0.05, 0.1) is 16.2 Å². The van der Waals surface area contributed by atoms with Crippen molar-refractivity contribution in [1.29, 1.82) is 0 Å². The van der Waals surface area contributed by atoms with E-state index in [1.807, 2.05) is 31.2 Å². The molecule has 3 heterocycles. The van der Waals surface area contributed by atoms with Crippen LogP contribution in [0.3, 0.4) is 0 Å². The van der Waals surface area contributed by atoms with Crippen LogP contribution in [0.15, 0.2) is 46.0 Å². The second kappa shape index (κ2) is 6.08. The molecule has 6 heteroatoms. The lowest BCUT2D eigenvalue weighted by atomic mass is 9.94. The van der Waals surface area contributed by atoms with Crippen molar-refractivity contribution < 1.29 is 5.11 Å². The summed E-state index contributed by atoms with van der Waals surface area (Å²) >= 11 is 5.28. The molecule has 2 aliphatic rings. The van der Waals surface area contributed by atoms with E-state index in [0.717, 1.165) is 33.0 Å². The van der Waals surface area contributed by atoms with Gasteiger partial charge >= 0.3 is 0 Å².